The predicted octanol–water partition coefficient (Wildman–Crippen LogP) is 2.13. The maximum atomic E-state index is 11.4. The van der Waals surface area contributed by atoms with E-state index in [1.807, 2.05) is 18.2 Å². The molecule has 1 N–H and O–H groups in total. The number of fused-ring (bicyclic) bond motifs is 1. The van der Waals surface area contributed by atoms with Crippen LogP contribution in [0.1, 0.15) is 11.1 Å². The molecule has 1 aromatic rings. The molecule has 0 spiro atoms. The average Bonchev–Trinajstić information content (AvgIpc) is 2.59. The molecule has 0 radical (unpaired) electrons. The van der Waals surface area contributed by atoms with Gasteiger partial charge in [0.1, 0.15) is 0 Å². The molecule has 2 nitrogen and oxygen atoms in total. The summed E-state index contributed by atoms with van der Waals surface area (Å²) in [5.41, 5.74) is 3.19. The molecular weight excluding hydrogens is 242 g/mol. The topological polar surface area (TPSA) is 29.1 Å². The first-order valence-corrected chi connectivity index (χ1v) is 5.21. The fourth-order valence-electron chi connectivity index (χ4n) is 1.62. The fourth-order valence-corrected chi connectivity index (χ4v) is 2.03. The first-order valence-electron chi connectivity index (χ1n) is 4.42. The molecule has 0 fully saturated rings. The maximum Gasteiger partial charge on any atom is 0.247 e. The molecule has 0 saturated heterocycles. The molecule has 2 rings (SSSR count). The molecule has 72 valence electrons. The average molecular weight is 252 g/mol. The summed E-state index contributed by atoms with van der Waals surface area (Å²) in [6, 6.07) is 6.07. The summed E-state index contributed by atoms with van der Waals surface area (Å²) in [7, 11) is 1.65. The van der Waals surface area contributed by atoms with Crippen molar-refractivity contribution in [3.05, 3.63) is 39.4 Å². The Labute approximate surface area is 91.1 Å². The van der Waals surface area contributed by atoms with Crippen LogP contribution in [0.2, 0.25) is 0 Å². The standard InChI is InChI=1S/C11H10BrNO/c1-13-11(14)9-4-7-2-3-10(12)6-8(7)5-9/h2-4,6H,5H2,1H3,(H,13,14). The van der Waals surface area contributed by atoms with Gasteiger partial charge in [-0.15, -0.1) is 0 Å². The van der Waals surface area contributed by atoms with Gasteiger partial charge in [0, 0.05) is 23.5 Å². The lowest BCUT2D eigenvalue weighted by Crippen LogP contribution is -2.19. The number of rotatable bonds is 1. The quantitative estimate of drug-likeness (QED) is 0.815. The third kappa shape index (κ3) is 1.60. The van der Waals surface area contributed by atoms with Crippen LogP contribution in [0.15, 0.2) is 28.2 Å². The molecule has 0 unspecified atom stereocenters. The summed E-state index contributed by atoms with van der Waals surface area (Å²) >= 11 is 3.42. The van der Waals surface area contributed by atoms with Crippen molar-refractivity contribution in [2.24, 2.45) is 0 Å². The van der Waals surface area contributed by atoms with Gasteiger partial charge < -0.3 is 5.32 Å². The van der Waals surface area contributed by atoms with Gasteiger partial charge in [-0.1, -0.05) is 22.0 Å². The summed E-state index contributed by atoms with van der Waals surface area (Å²) in [6.07, 6.45) is 2.68. The second kappa shape index (κ2) is 3.58. The van der Waals surface area contributed by atoms with Crippen LogP contribution in [-0.2, 0) is 11.2 Å². The summed E-state index contributed by atoms with van der Waals surface area (Å²) in [5.74, 6) is 0.0114. The van der Waals surface area contributed by atoms with E-state index in [1.54, 1.807) is 7.05 Å². The molecule has 14 heavy (non-hydrogen) atoms. The van der Waals surface area contributed by atoms with Crippen molar-refractivity contribution in [3.63, 3.8) is 0 Å². The molecular formula is C11H10BrNO. The molecule has 3 heteroatoms. The summed E-state index contributed by atoms with van der Waals surface area (Å²) in [4.78, 5) is 11.4. The van der Waals surface area contributed by atoms with Gasteiger partial charge in [0.05, 0.1) is 0 Å². The molecule has 0 aliphatic heterocycles. The number of halogens is 1. The SMILES string of the molecule is CNC(=O)C1=Cc2ccc(Br)cc2C1. The van der Waals surface area contributed by atoms with Gasteiger partial charge in [-0.25, -0.2) is 0 Å². The molecule has 0 bridgehead atoms. The Morgan fingerprint density at radius 2 is 2.29 bits per heavy atom. The van der Waals surface area contributed by atoms with Gasteiger partial charge in [0.2, 0.25) is 5.91 Å². The van der Waals surface area contributed by atoms with Crippen LogP contribution in [0, 0.1) is 0 Å². The van der Waals surface area contributed by atoms with E-state index < -0.39 is 0 Å². The Kier molecular flexibility index (Phi) is 2.42. The van der Waals surface area contributed by atoms with Gasteiger partial charge in [0.25, 0.3) is 0 Å². The highest BCUT2D eigenvalue weighted by Gasteiger charge is 2.17. The van der Waals surface area contributed by atoms with Crippen molar-refractivity contribution in [1.29, 1.82) is 0 Å². The zero-order chi connectivity index (χ0) is 10.1. The number of hydrogen-bond acceptors (Lipinski definition) is 1. The van der Waals surface area contributed by atoms with Gasteiger partial charge in [-0.05, 0) is 29.3 Å². The Morgan fingerprint density at radius 3 is 3.00 bits per heavy atom. The largest absolute Gasteiger partial charge is 0.355 e. The molecule has 1 amide bonds. The predicted molar refractivity (Wildman–Crippen MR) is 59.9 cm³/mol. The van der Waals surface area contributed by atoms with E-state index in [9.17, 15) is 4.79 Å². The van der Waals surface area contributed by atoms with Crippen LogP contribution >= 0.6 is 15.9 Å². The highest BCUT2D eigenvalue weighted by molar-refractivity contribution is 9.10. The van der Waals surface area contributed by atoms with Gasteiger partial charge >= 0.3 is 0 Å². The highest BCUT2D eigenvalue weighted by atomic mass is 79.9. The van der Waals surface area contributed by atoms with Gasteiger partial charge in [-0.3, -0.25) is 4.79 Å². The second-order valence-electron chi connectivity index (χ2n) is 3.27. The molecule has 1 aliphatic carbocycles. The summed E-state index contributed by atoms with van der Waals surface area (Å²) < 4.78 is 1.06. The van der Waals surface area contributed by atoms with Crippen LogP contribution in [0.5, 0.6) is 0 Å². The lowest BCUT2D eigenvalue weighted by molar-refractivity contribution is -0.117. The van der Waals surface area contributed by atoms with Crippen LogP contribution < -0.4 is 5.32 Å². The Balaban J connectivity index is 2.32. The molecule has 0 aromatic heterocycles. The normalized spacial score (nSPS) is 13.4. The maximum absolute atomic E-state index is 11.4. The summed E-state index contributed by atoms with van der Waals surface area (Å²) in [5, 5.41) is 2.64. The van der Waals surface area contributed by atoms with E-state index in [4.69, 9.17) is 0 Å². The lowest BCUT2D eigenvalue weighted by Gasteiger charge is -1.99. The minimum absolute atomic E-state index is 0.0114. The van der Waals surface area contributed by atoms with E-state index in [2.05, 4.69) is 27.3 Å². The second-order valence-corrected chi connectivity index (χ2v) is 4.18. The van der Waals surface area contributed by atoms with Crippen LogP contribution in [0.3, 0.4) is 0 Å². The van der Waals surface area contributed by atoms with Crippen molar-refractivity contribution in [2.45, 2.75) is 6.42 Å². The zero-order valence-electron chi connectivity index (χ0n) is 7.80. The number of carbonyl (C=O) groups is 1. The molecule has 0 saturated carbocycles. The molecule has 0 heterocycles. The molecule has 0 atom stereocenters. The fraction of sp³-hybridized carbons (Fsp3) is 0.182. The third-order valence-electron chi connectivity index (χ3n) is 2.33. The number of amides is 1. The number of likely N-dealkylation sites (N-methyl/N-ethyl adjacent to an activating group) is 1. The Hall–Kier alpha value is -1.09. The third-order valence-corrected chi connectivity index (χ3v) is 2.83. The first kappa shape index (κ1) is 9.46. The lowest BCUT2D eigenvalue weighted by atomic mass is 10.1. The van der Waals surface area contributed by atoms with Gasteiger partial charge in [0.15, 0.2) is 0 Å². The van der Waals surface area contributed by atoms with Gasteiger partial charge in [-0.2, -0.15) is 0 Å². The van der Waals surface area contributed by atoms with Crippen LogP contribution in [0.4, 0.5) is 0 Å². The van der Waals surface area contributed by atoms with E-state index in [-0.39, 0.29) is 5.91 Å². The summed E-state index contributed by atoms with van der Waals surface area (Å²) in [6.45, 7) is 0. The van der Waals surface area contributed by atoms with Crippen molar-refractivity contribution in [1.82, 2.24) is 5.32 Å². The van der Waals surface area contributed by atoms with Crippen molar-refractivity contribution >= 4 is 27.9 Å². The van der Waals surface area contributed by atoms with Crippen LogP contribution in [0.25, 0.3) is 6.08 Å². The highest BCUT2D eigenvalue weighted by Crippen LogP contribution is 2.27. The minimum atomic E-state index is 0.0114. The van der Waals surface area contributed by atoms with E-state index >= 15 is 0 Å². The van der Waals surface area contributed by atoms with E-state index in [1.165, 1.54) is 5.56 Å². The van der Waals surface area contributed by atoms with Crippen LogP contribution in [-0.4, -0.2) is 13.0 Å². The number of carbonyl (C=O) groups excluding carboxylic acids is 1. The monoisotopic (exact) mass is 251 g/mol. The number of nitrogens with one attached hydrogen (secondary N) is 1. The minimum Gasteiger partial charge on any atom is -0.355 e. The van der Waals surface area contributed by atoms with Crippen molar-refractivity contribution in [3.8, 4) is 0 Å². The first-order chi connectivity index (χ1) is 6.70. The smallest absolute Gasteiger partial charge is 0.247 e. The van der Waals surface area contributed by atoms with Crippen molar-refractivity contribution in [2.75, 3.05) is 7.05 Å². The van der Waals surface area contributed by atoms with E-state index in [0.29, 0.717) is 0 Å². The Morgan fingerprint density at radius 1 is 1.50 bits per heavy atom. The van der Waals surface area contributed by atoms with E-state index in [0.717, 1.165) is 22.0 Å². The Bertz CT molecular complexity index is 423. The molecule has 1 aliphatic rings. The number of benzene rings is 1. The molecule has 1 aromatic carbocycles. The number of hydrogen-bond donors (Lipinski definition) is 1. The van der Waals surface area contributed by atoms with Crippen molar-refractivity contribution < 1.29 is 4.79 Å². The zero-order valence-corrected chi connectivity index (χ0v) is 9.39.